The van der Waals surface area contributed by atoms with Crippen LogP contribution in [0.3, 0.4) is 0 Å². The molecule has 0 bridgehead atoms. The quantitative estimate of drug-likeness (QED) is 0.370. The van der Waals surface area contributed by atoms with Gasteiger partial charge in [0.05, 0.1) is 34.8 Å². The molecule has 35 heavy (non-hydrogen) atoms. The maximum Gasteiger partial charge on any atom is 0.308 e. The zero-order chi connectivity index (χ0) is 24.5. The maximum atomic E-state index is 14.7. The molecule has 3 heterocycles. The number of nitrogens with zero attached hydrogens (tertiary/aromatic N) is 2. The number of ether oxygens (including phenoxy) is 2. The standard InChI is InChI=1S/C25H22FN3O5S/c1-13(34-17-5-7-20(27-11-17)24(31)14-2-3-14)22-10-21(29-35-22)15-4-6-18(19(26)8-15)25(32)28-16-9-23(30)33-12-16/h4-8,10-11,13-14,16H,2-3,9,12H2,1H3,(H,28,32)/t13-,16+/m1/s1. The number of hydrogen-bond donors (Lipinski definition) is 1. The molecule has 0 spiro atoms. The monoisotopic (exact) mass is 495 g/mol. The molecule has 0 radical (unpaired) electrons. The van der Waals surface area contributed by atoms with Crippen molar-refractivity contribution in [1.82, 2.24) is 14.7 Å². The predicted octanol–water partition coefficient (Wildman–Crippen LogP) is 4.12. The Bertz CT molecular complexity index is 1290. The van der Waals surface area contributed by atoms with Gasteiger partial charge in [-0.05, 0) is 61.6 Å². The summed E-state index contributed by atoms with van der Waals surface area (Å²) >= 11 is 1.23. The summed E-state index contributed by atoms with van der Waals surface area (Å²) in [4.78, 5) is 40.7. The number of ketones is 1. The molecule has 180 valence electrons. The Labute approximate surface area is 204 Å². The van der Waals surface area contributed by atoms with Crippen molar-refractivity contribution < 1.29 is 28.2 Å². The molecule has 2 aliphatic rings. The average molecular weight is 496 g/mol. The number of halogens is 1. The Hall–Kier alpha value is -3.66. The highest BCUT2D eigenvalue weighted by molar-refractivity contribution is 7.06. The number of hydrogen-bond acceptors (Lipinski definition) is 8. The van der Waals surface area contributed by atoms with Crippen LogP contribution >= 0.6 is 11.5 Å². The Morgan fingerprint density at radius 3 is 2.71 bits per heavy atom. The number of carbonyl (C=O) groups excluding carboxylic acids is 3. The van der Waals surface area contributed by atoms with Crippen molar-refractivity contribution in [3.63, 3.8) is 0 Å². The van der Waals surface area contributed by atoms with Crippen molar-refractivity contribution in [3.05, 3.63) is 64.5 Å². The number of Topliss-reactive ketones (excluding diaryl/α,β-unsaturated/α-hetero) is 1. The van der Waals surface area contributed by atoms with E-state index >= 15 is 0 Å². The molecule has 1 aromatic carbocycles. The zero-order valence-corrected chi connectivity index (χ0v) is 19.6. The molecule has 1 N–H and O–H groups in total. The second-order valence-corrected chi connectivity index (χ2v) is 9.48. The number of esters is 1. The molecule has 1 saturated carbocycles. The van der Waals surface area contributed by atoms with Gasteiger partial charge in [0, 0.05) is 11.5 Å². The van der Waals surface area contributed by atoms with Gasteiger partial charge in [0.25, 0.3) is 5.91 Å². The normalized spacial score (nSPS) is 18.1. The molecule has 1 aliphatic heterocycles. The van der Waals surface area contributed by atoms with Gasteiger partial charge < -0.3 is 14.8 Å². The highest BCUT2D eigenvalue weighted by atomic mass is 32.1. The molecule has 1 amide bonds. The van der Waals surface area contributed by atoms with Crippen LogP contribution in [0.15, 0.2) is 42.6 Å². The first-order valence-corrected chi connectivity index (χ1v) is 12.0. The lowest BCUT2D eigenvalue weighted by molar-refractivity contribution is -0.137. The van der Waals surface area contributed by atoms with Crippen molar-refractivity contribution in [3.8, 4) is 17.0 Å². The van der Waals surface area contributed by atoms with Crippen LogP contribution in [0.25, 0.3) is 11.3 Å². The molecule has 2 fully saturated rings. The molecule has 2 aromatic heterocycles. The van der Waals surface area contributed by atoms with Gasteiger partial charge in [0.1, 0.15) is 30.0 Å². The van der Waals surface area contributed by atoms with Gasteiger partial charge in [-0.2, -0.15) is 4.37 Å². The van der Waals surface area contributed by atoms with Gasteiger partial charge in [0.15, 0.2) is 5.78 Å². The summed E-state index contributed by atoms with van der Waals surface area (Å²) in [6.07, 6.45) is 3.15. The van der Waals surface area contributed by atoms with E-state index in [-0.39, 0.29) is 42.4 Å². The minimum absolute atomic E-state index is 0.0755. The summed E-state index contributed by atoms with van der Waals surface area (Å²) < 4.78 is 29.8. The third kappa shape index (κ3) is 5.22. The Morgan fingerprint density at radius 1 is 1.23 bits per heavy atom. The Kier molecular flexibility index (Phi) is 6.29. The lowest BCUT2D eigenvalue weighted by atomic mass is 10.1. The SMILES string of the molecule is C[C@@H](Oc1ccc(C(=O)C2CC2)nc1)c1cc(-c2ccc(C(=O)N[C@@H]3COC(=O)C3)c(F)c2)ns1. The van der Waals surface area contributed by atoms with Crippen LogP contribution in [0.4, 0.5) is 4.39 Å². The minimum Gasteiger partial charge on any atom is -0.484 e. The van der Waals surface area contributed by atoms with Crippen molar-refractivity contribution in [2.45, 2.75) is 38.3 Å². The van der Waals surface area contributed by atoms with Gasteiger partial charge in [-0.3, -0.25) is 14.4 Å². The number of rotatable bonds is 8. The van der Waals surface area contributed by atoms with E-state index in [1.165, 1.54) is 23.7 Å². The largest absolute Gasteiger partial charge is 0.484 e. The van der Waals surface area contributed by atoms with Crippen LogP contribution in [0.5, 0.6) is 5.75 Å². The summed E-state index contributed by atoms with van der Waals surface area (Å²) in [6, 6.07) is 9.04. The fraction of sp³-hybridized carbons (Fsp3) is 0.320. The van der Waals surface area contributed by atoms with E-state index in [1.54, 1.807) is 24.4 Å². The van der Waals surface area contributed by atoms with Crippen molar-refractivity contribution >= 4 is 29.2 Å². The second kappa shape index (κ2) is 9.53. The number of benzene rings is 1. The van der Waals surface area contributed by atoms with Crippen LogP contribution in [-0.4, -0.2) is 39.7 Å². The minimum atomic E-state index is -0.684. The van der Waals surface area contributed by atoms with Gasteiger partial charge in [-0.15, -0.1) is 0 Å². The topological polar surface area (TPSA) is 107 Å². The molecule has 3 aromatic rings. The highest BCUT2D eigenvalue weighted by Gasteiger charge is 2.31. The predicted molar refractivity (Wildman–Crippen MR) is 125 cm³/mol. The lowest BCUT2D eigenvalue weighted by Gasteiger charge is -2.12. The van der Waals surface area contributed by atoms with Crippen molar-refractivity contribution in [1.29, 1.82) is 0 Å². The Balaban J connectivity index is 1.23. The first-order chi connectivity index (χ1) is 16.9. The van der Waals surface area contributed by atoms with Crippen molar-refractivity contribution in [2.75, 3.05) is 6.61 Å². The van der Waals surface area contributed by atoms with E-state index in [2.05, 4.69) is 14.7 Å². The van der Waals surface area contributed by atoms with E-state index < -0.39 is 17.8 Å². The van der Waals surface area contributed by atoms with Gasteiger partial charge >= 0.3 is 5.97 Å². The molecule has 2 atom stereocenters. The molecule has 1 aliphatic carbocycles. The second-order valence-electron chi connectivity index (χ2n) is 8.64. The lowest BCUT2D eigenvalue weighted by Crippen LogP contribution is -2.35. The number of aromatic nitrogens is 2. The van der Waals surface area contributed by atoms with Crippen LogP contribution in [-0.2, 0) is 9.53 Å². The molecule has 5 rings (SSSR count). The molecule has 0 unspecified atom stereocenters. The highest BCUT2D eigenvalue weighted by Crippen LogP contribution is 2.33. The molecule has 10 heteroatoms. The number of carbonyl (C=O) groups is 3. The molecule has 8 nitrogen and oxygen atoms in total. The first kappa shape index (κ1) is 23.1. The van der Waals surface area contributed by atoms with E-state index in [0.717, 1.165) is 17.7 Å². The van der Waals surface area contributed by atoms with E-state index in [0.29, 0.717) is 22.7 Å². The van der Waals surface area contributed by atoms with Gasteiger partial charge in [0.2, 0.25) is 0 Å². The summed E-state index contributed by atoms with van der Waals surface area (Å²) in [5.41, 5.74) is 1.43. The summed E-state index contributed by atoms with van der Waals surface area (Å²) in [5.74, 6) is -0.941. The van der Waals surface area contributed by atoms with Gasteiger partial charge in [-0.1, -0.05) is 6.07 Å². The fourth-order valence-electron chi connectivity index (χ4n) is 3.76. The summed E-state index contributed by atoms with van der Waals surface area (Å²) in [5, 5.41) is 2.61. The molecular weight excluding hydrogens is 473 g/mol. The third-order valence-electron chi connectivity index (χ3n) is 5.88. The van der Waals surface area contributed by atoms with Crippen LogP contribution < -0.4 is 10.1 Å². The number of amides is 1. The van der Waals surface area contributed by atoms with Crippen molar-refractivity contribution in [2.24, 2.45) is 5.92 Å². The first-order valence-electron chi connectivity index (χ1n) is 11.3. The summed E-state index contributed by atoms with van der Waals surface area (Å²) in [7, 11) is 0. The fourth-order valence-corrected chi connectivity index (χ4v) is 4.48. The van der Waals surface area contributed by atoms with Crippen LogP contribution in [0.1, 0.15) is 58.0 Å². The number of cyclic esters (lactones) is 1. The van der Waals surface area contributed by atoms with E-state index in [9.17, 15) is 18.8 Å². The van der Waals surface area contributed by atoms with Crippen LogP contribution in [0.2, 0.25) is 0 Å². The maximum absolute atomic E-state index is 14.7. The van der Waals surface area contributed by atoms with Gasteiger partial charge in [-0.25, -0.2) is 9.37 Å². The number of nitrogens with one attached hydrogen (secondary N) is 1. The average Bonchev–Trinajstić information content (AvgIpc) is 3.43. The smallest absolute Gasteiger partial charge is 0.308 e. The molecular formula is C25H22FN3O5S. The van der Waals surface area contributed by atoms with E-state index in [4.69, 9.17) is 9.47 Å². The van der Waals surface area contributed by atoms with E-state index in [1.807, 2.05) is 13.0 Å². The summed E-state index contributed by atoms with van der Waals surface area (Å²) in [6.45, 7) is 1.96. The zero-order valence-electron chi connectivity index (χ0n) is 18.8. The number of pyridine rings is 1. The van der Waals surface area contributed by atoms with Crippen LogP contribution in [0, 0.1) is 11.7 Å². The molecule has 1 saturated heterocycles. The third-order valence-corrected chi connectivity index (χ3v) is 6.83. The Morgan fingerprint density at radius 2 is 2.06 bits per heavy atom.